The molecule has 0 aromatic heterocycles. The number of ether oxygens (including phenoxy) is 1. The fourth-order valence-electron chi connectivity index (χ4n) is 0.875. The van der Waals surface area contributed by atoms with E-state index < -0.39 is 0 Å². The topological polar surface area (TPSA) is 26.3 Å². The summed E-state index contributed by atoms with van der Waals surface area (Å²) in [7, 11) is 0. The quantitative estimate of drug-likeness (QED) is 0.544. The first-order chi connectivity index (χ1) is 6.83. The highest BCUT2D eigenvalue weighted by Gasteiger charge is 2.00. The van der Waals surface area contributed by atoms with Crippen molar-refractivity contribution in [3.63, 3.8) is 0 Å². The van der Waals surface area contributed by atoms with Crippen LogP contribution in [0.2, 0.25) is 0 Å². The fourth-order valence-corrected chi connectivity index (χ4v) is 0.875. The molecule has 1 rings (SSSR count). The van der Waals surface area contributed by atoms with Gasteiger partial charge in [-0.1, -0.05) is 39.0 Å². The van der Waals surface area contributed by atoms with Crippen LogP contribution in [-0.4, -0.2) is 5.97 Å². The Labute approximate surface area is 85.9 Å². The van der Waals surface area contributed by atoms with Crippen LogP contribution in [0.25, 0.3) is 0 Å². The molecule has 0 aliphatic rings. The molecule has 1 aromatic carbocycles. The smallest absolute Gasteiger partial charge is 0.311 e. The van der Waals surface area contributed by atoms with E-state index in [-0.39, 0.29) is 5.97 Å². The van der Waals surface area contributed by atoms with Gasteiger partial charge in [-0.15, -0.1) is 0 Å². The Morgan fingerprint density at radius 2 is 1.79 bits per heavy atom. The van der Waals surface area contributed by atoms with Crippen LogP contribution in [0.1, 0.15) is 33.6 Å². The molecular weight excluding hydrogens is 176 g/mol. The highest BCUT2D eigenvalue weighted by atomic mass is 16.5. The third kappa shape index (κ3) is 5.36. The number of esters is 1. The second-order valence-corrected chi connectivity index (χ2v) is 2.54. The lowest BCUT2D eigenvalue weighted by atomic mass is 10.3. The molecule has 0 bridgehead atoms. The highest BCUT2D eigenvalue weighted by molar-refractivity contribution is 5.72. The number of benzene rings is 1. The molecule has 0 saturated heterocycles. The van der Waals surface area contributed by atoms with Crippen molar-refractivity contribution < 1.29 is 9.53 Å². The van der Waals surface area contributed by atoms with Crippen molar-refractivity contribution in [1.82, 2.24) is 0 Å². The molecule has 0 amide bonds. The Balaban J connectivity index is 0.000000791. The average molecular weight is 194 g/mol. The number of carbonyl (C=O) groups excluding carboxylic acids is 1. The first kappa shape index (κ1) is 12.7. The standard InChI is InChI=1S/C10H12O2.C2H6/c1-2-6-10(11)12-9-7-4-3-5-8-9;1-2/h3-5,7-8H,2,6H2,1H3;1-2H3. The van der Waals surface area contributed by atoms with E-state index in [0.29, 0.717) is 12.2 Å². The summed E-state index contributed by atoms with van der Waals surface area (Å²) in [6.07, 6.45) is 1.31. The number of para-hydroxylation sites is 1. The average Bonchev–Trinajstić information content (AvgIpc) is 2.22. The van der Waals surface area contributed by atoms with Crippen molar-refractivity contribution in [2.24, 2.45) is 0 Å². The van der Waals surface area contributed by atoms with Gasteiger partial charge in [0.2, 0.25) is 0 Å². The van der Waals surface area contributed by atoms with Crippen LogP contribution < -0.4 is 4.74 Å². The van der Waals surface area contributed by atoms with Crippen molar-refractivity contribution in [1.29, 1.82) is 0 Å². The molecule has 0 N–H and O–H groups in total. The van der Waals surface area contributed by atoms with Crippen molar-refractivity contribution in [3.05, 3.63) is 30.3 Å². The molecule has 0 radical (unpaired) electrons. The molecule has 0 atom stereocenters. The van der Waals surface area contributed by atoms with E-state index in [4.69, 9.17) is 4.74 Å². The van der Waals surface area contributed by atoms with E-state index in [2.05, 4.69) is 0 Å². The van der Waals surface area contributed by atoms with E-state index >= 15 is 0 Å². The van der Waals surface area contributed by atoms with Gasteiger partial charge < -0.3 is 4.74 Å². The summed E-state index contributed by atoms with van der Waals surface area (Å²) in [5.41, 5.74) is 0. The highest BCUT2D eigenvalue weighted by Crippen LogP contribution is 2.09. The Hall–Kier alpha value is -1.31. The minimum Gasteiger partial charge on any atom is -0.427 e. The van der Waals surface area contributed by atoms with Crippen molar-refractivity contribution >= 4 is 5.97 Å². The van der Waals surface area contributed by atoms with Gasteiger partial charge in [0.15, 0.2) is 0 Å². The number of hydrogen-bond acceptors (Lipinski definition) is 2. The van der Waals surface area contributed by atoms with E-state index in [1.807, 2.05) is 39.0 Å². The van der Waals surface area contributed by atoms with Gasteiger partial charge in [0.25, 0.3) is 0 Å². The molecule has 14 heavy (non-hydrogen) atoms. The molecular formula is C12H18O2. The predicted molar refractivity (Wildman–Crippen MR) is 58.3 cm³/mol. The third-order valence-corrected chi connectivity index (χ3v) is 1.43. The van der Waals surface area contributed by atoms with E-state index in [1.54, 1.807) is 12.1 Å². The van der Waals surface area contributed by atoms with Crippen molar-refractivity contribution in [2.45, 2.75) is 33.6 Å². The maximum atomic E-state index is 11.0. The van der Waals surface area contributed by atoms with Gasteiger partial charge in [-0.25, -0.2) is 0 Å². The summed E-state index contributed by atoms with van der Waals surface area (Å²) in [5, 5.41) is 0. The second kappa shape index (κ2) is 8.30. The largest absolute Gasteiger partial charge is 0.427 e. The monoisotopic (exact) mass is 194 g/mol. The van der Waals surface area contributed by atoms with Crippen LogP contribution in [0.15, 0.2) is 30.3 Å². The summed E-state index contributed by atoms with van der Waals surface area (Å²) in [6, 6.07) is 9.11. The lowest BCUT2D eigenvalue weighted by molar-refractivity contribution is -0.134. The predicted octanol–water partition coefficient (Wildman–Crippen LogP) is 3.42. The molecule has 0 saturated carbocycles. The molecule has 78 valence electrons. The zero-order valence-corrected chi connectivity index (χ0v) is 9.12. The second-order valence-electron chi connectivity index (χ2n) is 2.54. The lowest BCUT2D eigenvalue weighted by Crippen LogP contribution is -2.06. The molecule has 1 aromatic rings. The van der Waals surface area contributed by atoms with E-state index in [1.165, 1.54) is 0 Å². The fraction of sp³-hybridized carbons (Fsp3) is 0.417. The molecule has 2 heteroatoms. The maximum Gasteiger partial charge on any atom is 0.311 e. The van der Waals surface area contributed by atoms with Gasteiger partial charge in [-0.05, 0) is 18.6 Å². The molecule has 0 fully saturated rings. The van der Waals surface area contributed by atoms with Crippen LogP contribution in [-0.2, 0) is 4.79 Å². The first-order valence-electron chi connectivity index (χ1n) is 5.08. The van der Waals surface area contributed by atoms with Gasteiger partial charge in [-0.3, -0.25) is 4.79 Å². The van der Waals surface area contributed by atoms with Gasteiger partial charge >= 0.3 is 5.97 Å². The molecule has 0 aliphatic heterocycles. The third-order valence-electron chi connectivity index (χ3n) is 1.43. The summed E-state index contributed by atoms with van der Waals surface area (Å²) in [5.74, 6) is 0.458. The van der Waals surface area contributed by atoms with Crippen LogP contribution in [0.5, 0.6) is 5.75 Å². The molecule has 0 aliphatic carbocycles. The summed E-state index contributed by atoms with van der Waals surface area (Å²) < 4.78 is 5.02. The van der Waals surface area contributed by atoms with Gasteiger partial charge in [0, 0.05) is 6.42 Å². The number of hydrogen-bond donors (Lipinski definition) is 0. The summed E-state index contributed by atoms with van der Waals surface area (Å²) in [4.78, 5) is 11.0. The van der Waals surface area contributed by atoms with Crippen molar-refractivity contribution in [3.8, 4) is 5.75 Å². The minimum absolute atomic E-state index is 0.163. The Kier molecular flexibility index (Phi) is 7.52. The van der Waals surface area contributed by atoms with Crippen molar-refractivity contribution in [2.75, 3.05) is 0 Å². The van der Waals surface area contributed by atoms with E-state index in [9.17, 15) is 4.79 Å². The number of rotatable bonds is 3. The van der Waals surface area contributed by atoms with E-state index in [0.717, 1.165) is 6.42 Å². The molecule has 0 spiro atoms. The SMILES string of the molecule is CC.CCCC(=O)Oc1ccccc1. The minimum atomic E-state index is -0.163. The Bertz CT molecular complexity index is 242. The molecule has 0 heterocycles. The van der Waals surface area contributed by atoms with Crippen LogP contribution in [0, 0.1) is 0 Å². The maximum absolute atomic E-state index is 11.0. The number of carbonyl (C=O) groups is 1. The zero-order chi connectivity index (χ0) is 10.8. The zero-order valence-electron chi connectivity index (χ0n) is 9.12. The molecule has 0 unspecified atom stereocenters. The van der Waals surface area contributed by atoms with Crippen LogP contribution in [0.3, 0.4) is 0 Å². The summed E-state index contributed by atoms with van der Waals surface area (Å²) in [6.45, 7) is 5.95. The van der Waals surface area contributed by atoms with Crippen LogP contribution in [0.4, 0.5) is 0 Å². The van der Waals surface area contributed by atoms with Gasteiger partial charge in [-0.2, -0.15) is 0 Å². The van der Waals surface area contributed by atoms with Crippen LogP contribution >= 0.6 is 0 Å². The lowest BCUT2D eigenvalue weighted by Gasteiger charge is -2.01. The Morgan fingerprint density at radius 3 is 2.29 bits per heavy atom. The van der Waals surface area contributed by atoms with Gasteiger partial charge in [0.05, 0.1) is 0 Å². The van der Waals surface area contributed by atoms with Gasteiger partial charge in [0.1, 0.15) is 5.75 Å². The normalized spacial score (nSPS) is 8.50. The Morgan fingerprint density at radius 1 is 1.21 bits per heavy atom. The first-order valence-corrected chi connectivity index (χ1v) is 5.08. The molecule has 2 nitrogen and oxygen atoms in total. The summed E-state index contributed by atoms with van der Waals surface area (Å²) >= 11 is 0.